The molecule has 2 heteroatoms. The van der Waals surface area contributed by atoms with Crippen LogP contribution in [0.2, 0.25) is 0 Å². The third-order valence-electron chi connectivity index (χ3n) is 2.93. The summed E-state index contributed by atoms with van der Waals surface area (Å²) < 4.78 is 0. The van der Waals surface area contributed by atoms with Crippen molar-refractivity contribution in [3.63, 3.8) is 0 Å². The summed E-state index contributed by atoms with van der Waals surface area (Å²) >= 11 is 0. The third kappa shape index (κ3) is 2.10. The first-order chi connectivity index (χ1) is 6.14. The number of carbonyl (C=O) groups is 1. The smallest absolute Gasteiger partial charge is 0.223 e. The maximum absolute atomic E-state index is 11.8. The quantitative estimate of drug-likeness (QED) is 0.585. The van der Waals surface area contributed by atoms with Crippen molar-refractivity contribution in [3.8, 4) is 0 Å². The summed E-state index contributed by atoms with van der Waals surface area (Å²) in [5.74, 6) is 0.317. The lowest BCUT2D eigenvalue weighted by Gasteiger charge is -2.43. The number of likely N-dealkylation sites (tertiary alicyclic amines) is 1. The lowest BCUT2D eigenvalue weighted by molar-refractivity contribution is -0.135. The van der Waals surface area contributed by atoms with E-state index < -0.39 is 0 Å². The van der Waals surface area contributed by atoms with Crippen molar-refractivity contribution in [1.29, 1.82) is 0 Å². The van der Waals surface area contributed by atoms with E-state index in [0.29, 0.717) is 11.9 Å². The van der Waals surface area contributed by atoms with Crippen LogP contribution in [0.5, 0.6) is 0 Å². The highest BCUT2D eigenvalue weighted by molar-refractivity contribution is 5.79. The van der Waals surface area contributed by atoms with Gasteiger partial charge >= 0.3 is 0 Å². The molecule has 1 aliphatic heterocycles. The molecule has 0 radical (unpaired) electrons. The molecular formula is C12H23NO. The molecule has 0 aromatic rings. The largest absolute Gasteiger partial charge is 0.334 e. The van der Waals surface area contributed by atoms with Gasteiger partial charge < -0.3 is 4.90 Å². The molecule has 0 aromatic carbocycles. The first-order valence-electron chi connectivity index (χ1n) is 5.46. The Hall–Kier alpha value is -0.530. The van der Waals surface area contributed by atoms with Gasteiger partial charge in [0, 0.05) is 18.0 Å². The molecule has 1 fully saturated rings. The van der Waals surface area contributed by atoms with Gasteiger partial charge in [0.1, 0.15) is 0 Å². The van der Waals surface area contributed by atoms with Gasteiger partial charge in [0.25, 0.3) is 0 Å². The molecule has 0 saturated carbocycles. The van der Waals surface area contributed by atoms with Crippen LogP contribution in [-0.4, -0.2) is 22.4 Å². The van der Waals surface area contributed by atoms with Crippen LogP contribution >= 0.6 is 0 Å². The van der Waals surface area contributed by atoms with Crippen molar-refractivity contribution in [2.75, 3.05) is 0 Å². The number of hydrogen-bond donors (Lipinski definition) is 0. The molecule has 0 aromatic heterocycles. The predicted octanol–water partition coefficient (Wildman–Crippen LogP) is 2.82. The Labute approximate surface area is 87.7 Å². The van der Waals surface area contributed by atoms with Crippen LogP contribution in [-0.2, 0) is 4.79 Å². The van der Waals surface area contributed by atoms with Gasteiger partial charge in [0.2, 0.25) is 5.91 Å². The molecule has 1 saturated heterocycles. The number of nitrogens with zero attached hydrogens (tertiary/aromatic N) is 1. The summed E-state index contributed by atoms with van der Waals surface area (Å²) in [6.07, 6.45) is 1.73. The summed E-state index contributed by atoms with van der Waals surface area (Å²) in [4.78, 5) is 13.9. The lowest BCUT2D eigenvalue weighted by atomic mass is 9.83. The van der Waals surface area contributed by atoms with Crippen molar-refractivity contribution in [3.05, 3.63) is 0 Å². The summed E-state index contributed by atoms with van der Waals surface area (Å²) in [5, 5.41) is 0. The van der Waals surface area contributed by atoms with Crippen LogP contribution in [0.3, 0.4) is 0 Å². The SMILES string of the molecule is CC(C)(C)C1CCC(=O)N1C(C)(C)C. The molecule has 0 spiro atoms. The minimum absolute atomic E-state index is 0.0362. The molecule has 1 aliphatic rings. The highest BCUT2D eigenvalue weighted by Crippen LogP contribution is 2.37. The zero-order chi connectivity index (χ0) is 11.1. The fourth-order valence-electron chi connectivity index (χ4n) is 2.35. The van der Waals surface area contributed by atoms with E-state index in [1.807, 2.05) is 0 Å². The van der Waals surface area contributed by atoms with E-state index in [9.17, 15) is 4.79 Å². The Morgan fingerprint density at radius 1 is 1.14 bits per heavy atom. The molecular weight excluding hydrogens is 174 g/mol. The van der Waals surface area contributed by atoms with Crippen LogP contribution in [0.25, 0.3) is 0 Å². The van der Waals surface area contributed by atoms with Crippen LogP contribution in [0.15, 0.2) is 0 Å². The Morgan fingerprint density at radius 2 is 1.64 bits per heavy atom. The molecule has 0 bridgehead atoms. The van der Waals surface area contributed by atoms with E-state index in [1.54, 1.807) is 0 Å². The molecule has 1 unspecified atom stereocenters. The zero-order valence-corrected chi connectivity index (χ0v) is 10.3. The molecule has 1 heterocycles. The minimum atomic E-state index is -0.0362. The second-order valence-electron chi connectivity index (χ2n) is 6.36. The molecule has 14 heavy (non-hydrogen) atoms. The second-order valence-corrected chi connectivity index (χ2v) is 6.36. The lowest BCUT2D eigenvalue weighted by Crippen LogP contribution is -2.51. The first kappa shape index (κ1) is 11.5. The standard InChI is InChI=1S/C12H23NO/c1-11(2,3)9-7-8-10(14)13(9)12(4,5)6/h9H,7-8H2,1-6H3. The van der Waals surface area contributed by atoms with Gasteiger partial charge in [-0.25, -0.2) is 0 Å². The highest BCUT2D eigenvalue weighted by Gasteiger charge is 2.43. The Bertz CT molecular complexity index is 232. The topological polar surface area (TPSA) is 20.3 Å². The Balaban J connectivity index is 2.94. The van der Waals surface area contributed by atoms with Gasteiger partial charge in [0.15, 0.2) is 0 Å². The average Bonchev–Trinajstić information content (AvgIpc) is 2.27. The zero-order valence-electron chi connectivity index (χ0n) is 10.3. The fourth-order valence-corrected chi connectivity index (χ4v) is 2.35. The van der Waals surface area contributed by atoms with Gasteiger partial charge in [-0.15, -0.1) is 0 Å². The molecule has 1 rings (SSSR count). The predicted molar refractivity (Wildman–Crippen MR) is 59.1 cm³/mol. The summed E-state index contributed by atoms with van der Waals surface area (Å²) in [6, 6.07) is 0.398. The second kappa shape index (κ2) is 3.25. The number of amides is 1. The van der Waals surface area contributed by atoms with Crippen molar-refractivity contribution >= 4 is 5.91 Å². The van der Waals surface area contributed by atoms with E-state index in [2.05, 4.69) is 46.4 Å². The van der Waals surface area contributed by atoms with Crippen LogP contribution in [0.4, 0.5) is 0 Å². The average molecular weight is 197 g/mol. The first-order valence-corrected chi connectivity index (χ1v) is 5.46. The van der Waals surface area contributed by atoms with E-state index in [4.69, 9.17) is 0 Å². The minimum Gasteiger partial charge on any atom is -0.334 e. The van der Waals surface area contributed by atoms with Crippen molar-refractivity contribution in [2.45, 2.75) is 66.0 Å². The monoisotopic (exact) mass is 197 g/mol. The van der Waals surface area contributed by atoms with Gasteiger partial charge in [-0.1, -0.05) is 20.8 Å². The van der Waals surface area contributed by atoms with E-state index in [-0.39, 0.29) is 11.0 Å². The summed E-state index contributed by atoms with van der Waals surface area (Å²) in [7, 11) is 0. The van der Waals surface area contributed by atoms with Crippen LogP contribution in [0, 0.1) is 5.41 Å². The maximum Gasteiger partial charge on any atom is 0.223 e. The molecule has 0 aliphatic carbocycles. The number of rotatable bonds is 0. The van der Waals surface area contributed by atoms with Crippen LogP contribution < -0.4 is 0 Å². The van der Waals surface area contributed by atoms with Gasteiger partial charge in [-0.3, -0.25) is 4.79 Å². The van der Waals surface area contributed by atoms with Crippen molar-refractivity contribution < 1.29 is 4.79 Å². The van der Waals surface area contributed by atoms with Crippen molar-refractivity contribution in [1.82, 2.24) is 4.90 Å². The van der Waals surface area contributed by atoms with Crippen molar-refractivity contribution in [2.24, 2.45) is 5.41 Å². The van der Waals surface area contributed by atoms with Gasteiger partial charge in [-0.05, 0) is 32.6 Å². The molecule has 0 N–H and O–H groups in total. The van der Waals surface area contributed by atoms with Gasteiger partial charge in [0.05, 0.1) is 0 Å². The normalized spacial score (nSPS) is 24.6. The Kier molecular flexibility index (Phi) is 2.68. The number of hydrogen-bond acceptors (Lipinski definition) is 1. The van der Waals surface area contributed by atoms with Gasteiger partial charge in [-0.2, -0.15) is 0 Å². The molecule has 82 valence electrons. The van der Waals surface area contributed by atoms with E-state index in [1.165, 1.54) is 0 Å². The third-order valence-corrected chi connectivity index (χ3v) is 2.93. The Morgan fingerprint density at radius 3 is 1.93 bits per heavy atom. The number of carbonyl (C=O) groups excluding carboxylic acids is 1. The maximum atomic E-state index is 11.8. The molecule has 2 nitrogen and oxygen atoms in total. The highest BCUT2D eigenvalue weighted by atomic mass is 16.2. The van der Waals surface area contributed by atoms with Crippen LogP contribution in [0.1, 0.15) is 54.4 Å². The molecule has 1 atom stereocenters. The fraction of sp³-hybridized carbons (Fsp3) is 0.917. The summed E-state index contributed by atoms with van der Waals surface area (Å²) in [5.41, 5.74) is 0.158. The molecule has 1 amide bonds. The van der Waals surface area contributed by atoms with E-state index >= 15 is 0 Å². The van der Waals surface area contributed by atoms with E-state index in [0.717, 1.165) is 12.8 Å². The summed E-state index contributed by atoms with van der Waals surface area (Å²) in [6.45, 7) is 13.0.